The summed E-state index contributed by atoms with van der Waals surface area (Å²) in [6.07, 6.45) is 9.00. The lowest BCUT2D eigenvalue weighted by Crippen LogP contribution is -2.43. The molecule has 0 bridgehead atoms. The fraction of sp³-hybridized carbons (Fsp3) is 0.382. The molecule has 3 saturated heterocycles. The fourth-order valence-corrected chi connectivity index (χ4v) is 7.52. The molecule has 0 radical (unpaired) electrons. The second-order valence-electron chi connectivity index (χ2n) is 12.3. The van der Waals surface area contributed by atoms with Crippen molar-refractivity contribution in [3.05, 3.63) is 65.6 Å². The van der Waals surface area contributed by atoms with Crippen LogP contribution in [0.25, 0.3) is 32.9 Å². The first-order chi connectivity index (χ1) is 21.9. The van der Waals surface area contributed by atoms with Crippen LogP contribution in [-0.2, 0) is 4.74 Å². The summed E-state index contributed by atoms with van der Waals surface area (Å²) in [5.74, 6) is 1.02. The van der Waals surface area contributed by atoms with Crippen LogP contribution in [0.1, 0.15) is 24.8 Å². The summed E-state index contributed by atoms with van der Waals surface area (Å²) in [6, 6.07) is 7.45. The van der Waals surface area contributed by atoms with E-state index in [0.717, 1.165) is 19.4 Å². The van der Waals surface area contributed by atoms with E-state index < -0.39 is 29.4 Å². The van der Waals surface area contributed by atoms with Gasteiger partial charge in [-0.2, -0.15) is 9.97 Å². The van der Waals surface area contributed by atoms with Crippen LogP contribution < -0.4 is 9.64 Å². The predicted molar refractivity (Wildman–Crippen MR) is 161 cm³/mol. The van der Waals surface area contributed by atoms with Crippen molar-refractivity contribution in [1.82, 2.24) is 19.9 Å². The minimum Gasteiger partial charge on any atom is -0.461 e. The SMILES string of the molecule is C#Cc1c(F)ccc2cccc(-c3ncc4c(N5CCOC[C@H]6[C@H](F)[C@H]65)nc(OC[C@@]56CCCN5C/C(=C\F)C6)nc4c3F)c12. The summed E-state index contributed by atoms with van der Waals surface area (Å²) in [7, 11) is 0. The maximum absolute atomic E-state index is 16.7. The second-order valence-corrected chi connectivity index (χ2v) is 12.3. The van der Waals surface area contributed by atoms with Gasteiger partial charge in [-0.3, -0.25) is 9.88 Å². The summed E-state index contributed by atoms with van der Waals surface area (Å²) in [5.41, 5.74) is 0.495. The third-order valence-electron chi connectivity index (χ3n) is 9.80. The van der Waals surface area contributed by atoms with Gasteiger partial charge in [0.15, 0.2) is 5.82 Å². The number of aromatic nitrogens is 3. The van der Waals surface area contributed by atoms with Crippen LogP contribution in [-0.4, -0.2) is 77.1 Å². The monoisotopic (exact) mass is 615 g/mol. The number of hydrogen-bond donors (Lipinski definition) is 0. The number of benzene rings is 2. The number of fused-ring (bicyclic) bond motifs is 4. The molecule has 4 aromatic rings. The number of hydrogen-bond acceptors (Lipinski definition) is 7. The summed E-state index contributed by atoms with van der Waals surface area (Å²) in [5, 5.41) is 1.28. The molecule has 0 unspecified atom stereocenters. The molecular weight excluding hydrogens is 586 g/mol. The molecular formula is C34H29F4N5O2. The molecule has 2 aromatic heterocycles. The summed E-state index contributed by atoms with van der Waals surface area (Å²) in [6.45, 7) is 2.53. The highest BCUT2D eigenvalue weighted by molar-refractivity contribution is 6.02. The lowest BCUT2D eigenvalue weighted by atomic mass is 9.94. The molecule has 5 heterocycles. The van der Waals surface area contributed by atoms with E-state index in [0.29, 0.717) is 66.8 Å². The standard InChI is InChI=1S/C34H29F4N5O2/c1-2-21-25(36)8-7-20-5-3-6-22(26(20)21)29-28(38)30-23(15-39-29)32(43-11-12-44-17-24-27(37)31(24)43)41-33(40-30)45-18-34-9-4-10-42(34)16-19(13-34)14-35/h1,3,5-8,14-15,24,27,31H,4,9-13,16-18H2/b19-14-/t24-,27-,31-,34-/m0/s1. The Kier molecular flexibility index (Phi) is 6.69. The highest BCUT2D eigenvalue weighted by atomic mass is 19.1. The van der Waals surface area contributed by atoms with Gasteiger partial charge in [-0.15, -0.1) is 6.42 Å². The molecule has 0 N–H and O–H groups in total. The van der Waals surface area contributed by atoms with E-state index in [1.165, 1.54) is 12.3 Å². The average Bonchev–Trinajstić information content (AvgIpc) is 3.41. The van der Waals surface area contributed by atoms with E-state index >= 15 is 4.39 Å². The molecule has 11 heteroatoms. The number of rotatable bonds is 5. The number of anilines is 1. The third-order valence-corrected chi connectivity index (χ3v) is 9.80. The van der Waals surface area contributed by atoms with Crippen LogP contribution in [0.15, 0.2) is 48.4 Å². The predicted octanol–water partition coefficient (Wildman–Crippen LogP) is 5.75. The van der Waals surface area contributed by atoms with Gasteiger partial charge >= 0.3 is 6.01 Å². The van der Waals surface area contributed by atoms with Crippen molar-refractivity contribution in [1.29, 1.82) is 0 Å². The van der Waals surface area contributed by atoms with Gasteiger partial charge in [0.1, 0.15) is 35.6 Å². The van der Waals surface area contributed by atoms with Crippen LogP contribution in [0.4, 0.5) is 23.4 Å². The highest BCUT2D eigenvalue weighted by Crippen LogP contribution is 2.46. The molecule has 0 spiro atoms. The van der Waals surface area contributed by atoms with Gasteiger partial charge in [0.05, 0.1) is 42.1 Å². The van der Waals surface area contributed by atoms with E-state index in [9.17, 15) is 13.2 Å². The second kappa shape index (κ2) is 10.7. The molecule has 45 heavy (non-hydrogen) atoms. The Morgan fingerprint density at radius 3 is 2.91 bits per heavy atom. The van der Waals surface area contributed by atoms with Crippen molar-refractivity contribution in [3.63, 3.8) is 0 Å². The first-order valence-corrected chi connectivity index (χ1v) is 15.1. The van der Waals surface area contributed by atoms with Crippen molar-refractivity contribution >= 4 is 27.5 Å². The number of pyridine rings is 1. The van der Waals surface area contributed by atoms with E-state index in [1.807, 2.05) is 0 Å². The van der Waals surface area contributed by atoms with E-state index in [4.69, 9.17) is 20.9 Å². The van der Waals surface area contributed by atoms with Crippen molar-refractivity contribution in [2.75, 3.05) is 44.4 Å². The number of nitrogens with zero attached hydrogens (tertiary/aromatic N) is 5. The van der Waals surface area contributed by atoms with E-state index in [2.05, 4.69) is 20.8 Å². The Balaban J connectivity index is 1.27. The Morgan fingerprint density at radius 1 is 1.18 bits per heavy atom. The quantitative estimate of drug-likeness (QED) is 0.209. The Bertz CT molecular complexity index is 1930. The van der Waals surface area contributed by atoms with Gasteiger partial charge in [-0.05, 0) is 42.8 Å². The zero-order valence-corrected chi connectivity index (χ0v) is 24.3. The zero-order chi connectivity index (χ0) is 30.9. The van der Waals surface area contributed by atoms with Gasteiger partial charge in [-0.1, -0.05) is 30.2 Å². The van der Waals surface area contributed by atoms with Crippen LogP contribution in [0.3, 0.4) is 0 Å². The van der Waals surface area contributed by atoms with Crippen LogP contribution in [0.2, 0.25) is 0 Å². The van der Waals surface area contributed by atoms with Gasteiger partial charge in [0.2, 0.25) is 0 Å². The molecule has 1 aliphatic carbocycles. The molecule has 2 aromatic carbocycles. The first kappa shape index (κ1) is 28.2. The van der Waals surface area contributed by atoms with Crippen LogP contribution >= 0.6 is 0 Å². The molecule has 3 aliphatic heterocycles. The summed E-state index contributed by atoms with van der Waals surface area (Å²) >= 11 is 0. The summed E-state index contributed by atoms with van der Waals surface area (Å²) in [4.78, 5) is 17.7. The molecule has 230 valence electrons. The van der Waals surface area contributed by atoms with Crippen LogP contribution in [0, 0.1) is 29.9 Å². The number of halogens is 4. The van der Waals surface area contributed by atoms with E-state index in [-0.39, 0.29) is 40.7 Å². The molecule has 0 amide bonds. The Hall–Kier alpha value is -4.27. The number of alkyl halides is 1. The lowest BCUT2D eigenvalue weighted by molar-refractivity contribution is 0.108. The molecule has 7 nitrogen and oxygen atoms in total. The largest absolute Gasteiger partial charge is 0.461 e. The maximum atomic E-state index is 16.7. The van der Waals surface area contributed by atoms with Gasteiger partial charge in [-0.25, -0.2) is 17.6 Å². The summed E-state index contributed by atoms with van der Waals surface area (Å²) < 4.78 is 71.8. The minimum atomic E-state index is -1.11. The lowest BCUT2D eigenvalue weighted by Gasteiger charge is -2.31. The zero-order valence-electron chi connectivity index (χ0n) is 24.3. The molecule has 1 saturated carbocycles. The average molecular weight is 616 g/mol. The van der Waals surface area contributed by atoms with Gasteiger partial charge < -0.3 is 14.4 Å². The van der Waals surface area contributed by atoms with Gasteiger partial charge in [0.25, 0.3) is 0 Å². The Morgan fingerprint density at radius 2 is 2.07 bits per heavy atom. The number of ether oxygens (including phenoxy) is 2. The Labute approximate surface area is 256 Å². The highest BCUT2D eigenvalue weighted by Gasteiger charge is 2.56. The van der Waals surface area contributed by atoms with Crippen molar-refractivity contribution in [2.24, 2.45) is 5.92 Å². The normalized spacial score (nSPS) is 27.0. The molecule has 4 fully saturated rings. The molecule has 8 rings (SSSR count). The number of terminal acetylenes is 1. The smallest absolute Gasteiger partial charge is 0.319 e. The van der Waals surface area contributed by atoms with Crippen molar-refractivity contribution in [3.8, 4) is 29.6 Å². The first-order valence-electron chi connectivity index (χ1n) is 15.1. The fourth-order valence-electron chi connectivity index (χ4n) is 7.52. The van der Waals surface area contributed by atoms with E-state index in [1.54, 1.807) is 29.2 Å². The maximum Gasteiger partial charge on any atom is 0.319 e. The van der Waals surface area contributed by atoms with Crippen molar-refractivity contribution < 1.29 is 27.0 Å². The molecule has 4 atom stereocenters. The minimum absolute atomic E-state index is 0.00811. The molecule has 4 aliphatic rings. The van der Waals surface area contributed by atoms with Crippen LogP contribution in [0.5, 0.6) is 6.01 Å². The van der Waals surface area contributed by atoms with Gasteiger partial charge in [0, 0.05) is 36.2 Å². The topological polar surface area (TPSA) is 63.6 Å². The van der Waals surface area contributed by atoms with Crippen molar-refractivity contribution in [2.45, 2.75) is 37.0 Å². The third kappa shape index (κ3) is 4.45.